The van der Waals surface area contributed by atoms with Gasteiger partial charge in [-0.25, -0.2) is 4.98 Å². The number of thiazole rings is 1. The quantitative estimate of drug-likeness (QED) is 0.885. The molecule has 0 saturated heterocycles. The largest absolute Gasteiger partial charge is 0.493 e. The molecule has 1 aromatic heterocycles. The van der Waals surface area contributed by atoms with E-state index in [9.17, 15) is 4.79 Å². The summed E-state index contributed by atoms with van der Waals surface area (Å²) in [5, 5.41) is 11.4. The van der Waals surface area contributed by atoms with E-state index in [2.05, 4.69) is 4.98 Å². The average molecular weight is 293 g/mol. The molecule has 0 atom stereocenters. The summed E-state index contributed by atoms with van der Waals surface area (Å²) in [6, 6.07) is 5.69. The van der Waals surface area contributed by atoms with Gasteiger partial charge in [-0.15, -0.1) is 11.3 Å². The summed E-state index contributed by atoms with van der Waals surface area (Å²) in [7, 11) is 3.19. The van der Waals surface area contributed by atoms with E-state index in [0.29, 0.717) is 23.6 Å². The van der Waals surface area contributed by atoms with Crippen LogP contribution in [0.3, 0.4) is 0 Å². The number of rotatable bonds is 6. The summed E-state index contributed by atoms with van der Waals surface area (Å²) in [5.41, 5.74) is 1.64. The molecule has 0 unspecified atom stereocenters. The Morgan fingerprint density at radius 3 is 2.70 bits per heavy atom. The van der Waals surface area contributed by atoms with E-state index in [1.54, 1.807) is 19.6 Å². The van der Waals surface area contributed by atoms with Crippen LogP contribution in [0.1, 0.15) is 16.3 Å². The fourth-order valence-corrected chi connectivity index (χ4v) is 2.66. The van der Waals surface area contributed by atoms with Crippen LogP contribution < -0.4 is 9.47 Å². The van der Waals surface area contributed by atoms with Gasteiger partial charge in [0.15, 0.2) is 11.5 Å². The Balaban J connectivity index is 2.13. The molecule has 0 aliphatic rings. The van der Waals surface area contributed by atoms with Crippen molar-refractivity contribution in [3.63, 3.8) is 0 Å². The highest BCUT2D eigenvalue weighted by Gasteiger charge is 2.09. The zero-order chi connectivity index (χ0) is 14.5. The number of methoxy groups -OCH3 is 2. The zero-order valence-corrected chi connectivity index (χ0v) is 12.1. The molecule has 0 amide bonds. The van der Waals surface area contributed by atoms with Crippen molar-refractivity contribution in [1.82, 2.24) is 4.98 Å². The summed E-state index contributed by atoms with van der Waals surface area (Å²) in [4.78, 5) is 14.9. The molecule has 0 aliphatic heterocycles. The summed E-state index contributed by atoms with van der Waals surface area (Å²) >= 11 is 1.46. The summed E-state index contributed by atoms with van der Waals surface area (Å²) in [5.74, 6) is 0.488. The van der Waals surface area contributed by atoms with E-state index in [-0.39, 0.29) is 6.42 Å². The van der Waals surface area contributed by atoms with Gasteiger partial charge in [-0.2, -0.15) is 0 Å². The van der Waals surface area contributed by atoms with Crippen molar-refractivity contribution in [3.8, 4) is 11.5 Å². The molecular weight excluding hydrogens is 278 g/mol. The molecule has 6 heteroatoms. The minimum Gasteiger partial charge on any atom is -0.493 e. The Bertz CT molecular complexity index is 609. The van der Waals surface area contributed by atoms with Crippen LogP contribution in [0.4, 0.5) is 0 Å². The van der Waals surface area contributed by atoms with Crippen LogP contribution in [0, 0.1) is 0 Å². The molecule has 0 spiro atoms. The molecule has 1 aromatic carbocycles. The summed E-state index contributed by atoms with van der Waals surface area (Å²) < 4.78 is 10.4. The van der Waals surface area contributed by atoms with E-state index < -0.39 is 5.97 Å². The van der Waals surface area contributed by atoms with Crippen molar-refractivity contribution in [2.75, 3.05) is 14.2 Å². The smallest absolute Gasteiger partial charge is 0.309 e. The lowest BCUT2D eigenvalue weighted by atomic mass is 10.1. The normalized spacial score (nSPS) is 10.3. The topological polar surface area (TPSA) is 68.7 Å². The maximum Gasteiger partial charge on any atom is 0.309 e. The molecule has 5 nitrogen and oxygen atoms in total. The molecule has 1 heterocycles. The molecule has 0 bridgehead atoms. The Morgan fingerprint density at radius 2 is 2.05 bits per heavy atom. The van der Waals surface area contributed by atoms with Crippen molar-refractivity contribution in [3.05, 3.63) is 39.8 Å². The van der Waals surface area contributed by atoms with Crippen LogP contribution in [0.15, 0.2) is 23.6 Å². The lowest BCUT2D eigenvalue weighted by Crippen LogP contribution is -2.00. The Labute approximate surface area is 120 Å². The van der Waals surface area contributed by atoms with Crippen molar-refractivity contribution in [2.24, 2.45) is 0 Å². The van der Waals surface area contributed by atoms with Crippen LogP contribution in [-0.4, -0.2) is 30.3 Å². The number of ether oxygens (including phenoxy) is 2. The number of hydrogen-bond acceptors (Lipinski definition) is 5. The van der Waals surface area contributed by atoms with Crippen LogP contribution in [0.2, 0.25) is 0 Å². The molecule has 0 fully saturated rings. The first-order valence-electron chi connectivity index (χ1n) is 5.98. The second-order valence-electron chi connectivity index (χ2n) is 4.17. The summed E-state index contributed by atoms with van der Waals surface area (Å²) in [6.07, 6.45) is 0.604. The van der Waals surface area contributed by atoms with Crippen LogP contribution in [-0.2, 0) is 17.6 Å². The average Bonchev–Trinajstić information content (AvgIpc) is 2.85. The van der Waals surface area contributed by atoms with Crippen molar-refractivity contribution >= 4 is 17.3 Å². The third-order valence-electron chi connectivity index (χ3n) is 2.73. The van der Waals surface area contributed by atoms with Gasteiger partial charge in [-0.1, -0.05) is 6.07 Å². The highest BCUT2D eigenvalue weighted by molar-refractivity contribution is 7.09. The number of hydrogen-bond donors (Lipinski definition) is 1. The monoisotopic (exact) mass is 293 g/mol. The van der Waals surface area contributed by atoms with Crippen molar-refractivity contribution in [2.45, 2.75) is 12.8 Å². The maximum atomic E-state index is 10.6. The first-order chi connectivity index (χ1) is 9.62. The fourth-order valence-electron chi connectivity index (χ4n) is 1.83. The van der Waals surface area contributed by atoms with E-state index >= 15 is 0 Å². The number of aromatic nitrogens is 1. The predicted octanol–water partition coefficient (Wildman–Crippen LogP) is 2.38. The zero-order valence-electron chi connectivity index (χ0n) is 11.3. The first-order valence-corrected chi connectivity index (χ1v) is 6.86. The molecule has 106 valence electrons. The SMILES string of the molecule is COc1ccc(Cc2nc(CC(=O)O)cs2)cc1OC. The Hall–Kier alpha value is -2.08. The van der Waals surface area contributed by atoms with Gasteiger partial charge in [0.1, 0.15) is 0 Å². The van der Waals surface area contributed by atoms with Crippen LogP contribution >= 0.6 is 11.3 Å². The lowest BCUT2D eigenvalue weighted by Gasteiger charge is -2.08. The van der Waals surface area contributed by atoms with Gasteiger partial charge in [0.05, 0.1) is 31.3 Å². The highest BCUT2D eigenvalue weighted by Crippen LogP contribution is 2.28. The molecule has 20 heavy (non-hydrogen) atoms. The van der Waals surface area contributed by atoms with Gasteiger partial charge in [0.2, 0.25) is 0 Å². The minimum absolute atomic E-state index is 0.0393. The highest BCUT2D eigenvalue weighted by atomic mass is 32.1. The predicted molar refractivity (Wildman–Crippen MR) is 75.8 cm³/mol. The molecule has 0 saturated carbocycles. The van der Waals surface area contributed by atoms with Gasteiger partial charge >= 0.3 is 5.97 Å². The molecule has 2 aromatic rings. The number of benzene rings is 1. The lowest BCUT2D eigenvalue weighted by molar-refractivity contribution is -0.136. The van der Waals surface area contributed by atoms with Gasteiger partial charge < -0.3 is 14.6 Å². The van der Waals surface area contributed by atoms with E-state index in [1.165, 1.54) is 11.3 Å². The Morgan fingerprint density at radius 1 is 1.30 bits per heavy atom. The van der Waals surface area contributed by atoms with Crippen molar-refractivity contribution in [1.29, 1.82) is 0 Å². The van der Waals surface area contributed by atoms with Gasteiger partial charge in [-0.3, -0.25) is 4.79 Å². The molecule has 1 N–H and O–H groups in total. The fraction of sp³-hybridized carbons (Fsp3) is 0.286. The molecule has 0 aliphatic carbocycles. The standard InChI is InChI=1S/C14H15NO4S/c1-18-11-4-3-9(5-12(11)19-2)6-13-15-10(8-20-13)7-14(16)17/h3-5,8H,6-7H2,1-2H3,(H,16,17). The minimum atomic E-state index is -0.868. The number of aliphatic carboxylic acids is 1. The Kier molecular flexibility index (Phi) is 4.57. The third kappa shape index (κ3) is 3.48. The van der Waals surface area contributed by atoms with E-state index in [4.69, 9.17) is 14.6 Å². The molecular formula is C14H15NO4S. The molecule has 0 radical (unpaired) electrons. The number of nitrogens with zero attached hydrogens (tertiary/aromatic N) is 1. The van der Waals surface area contributed by atoms with Crippen LogP contribution in [0.25, 0.3) is 0 Å². The van der Waals surface area contributed by atoms with E-state index in [1.807, 2.05) is 18.2 Å². The van der Waals surface area contributed by atoms with Gasteiger partial charge in [-0.05, 0) is 17.7 Å². The third-order valence-corrected chi connectivity index (χ3v) is 3.63. The molecule has 2 rings (SSSR count). The first kappa shape index (κ1) is 14.3. The summed E-state index contributed by atoms with van der Waals surface area (Å²) in [6.45, 7) is 0. The second kappa shape index (κ2) is 6.38. The number of carbonyl (C=O) groups is 1. The second-order valence-corrected chi connectivity index (χ2v) is 5.11. The van der Waals surface area contributed by atoms with Crippen LogP contribution in [0.5, 0.6) is 11.5 Å². The number of carboxylic acids is 1. The van der Waals surface area contributed by atoms with E-state index in [0.717, 1.165) is 10.6 Å². The van der Waals surface area contributed by atoms with Crippen molar-refractivity contribution < 1.29 is 19.4 Å². The van der Waals surface area contributed by atoms with Gasteiger partial charge in [0.25, 0.3) is 0 Å². The maximum absolute atomic E-state index is 10.6. The van der Waals surface area contributed by atoms with Gasteiger partial charge in [0, 0.05) is 11.8 Å². The number of carboxylic acid groups (broad SMARTS) is 1.